The number of ether oxygens (including phenoxy) is 1. The van der Waals surface area contributed by atoms with E-state index in [2.05, 4.69) is 32.4 Å². The van der Waals surface area contributed by atoms with Gasteiger partial charge in [-0.1, -0.05) is 27.7 Å². The minimum absolute atomic E-state index is 0.152. The molecule has 0 bridgehead atoms. The minimum Gasteiger partial charge on any atom is -0.466 e. The van der Waals surface area contributed by atoms with Crippen LogP contribution in [0.3, 0.4) is 0 Å². The van der Waals surface area contributed by atoms with Gasteiger partial charge in [-0.05, 0) is 32.6 Å². The van der Waals surface area contributed by atoms with Crippen molar-refractivity contribution in [2.24, 2.45) is 0 Å². The summed E-state index contributed by atoms with van der Waals surface area (Å²) in [6, 6.07) is 0.422. The monoisotopic (exact) mass is 280 g/mol. The highest BCUT2D eigenvalue weighted by molar-refractivity contribution is 5.73. The average molecular weight is 280 g/mol. The predicted molar refractivity (Wildman–Crippen MR) is 80.9 cm³/mol. The van der Waals surface area contributed by atoms with E-state index < -0.39 is 0 Å². The van der Waals surface area contributed by atoms with Crippen molar-refractivity contribution in [2.75, 3.05) is 6.61 Å². The molecule has 0 saturated carbocycles. The molecule has 0 aliphatic heterocycles. The average Bonchev–Trinajstić information content (AvgIpc) is 2.78. The van der Waals surface area contributed by atoms with Gasteiger partial charge in [0.1, 0.15) is 0 Å². The molecule has 20 heavy (non-hydrogen) atoms. The summed E-state index contributed by atoms with van der Waals surface area (Å²) in [5, 5.41) is 4.76. The molecule has 0 N–H and O–H groups in total. The highest BCUT2D eigenvalue weighted by Crippen LogP contribution is 2.24. The molecule has 0 amide bonds. The number of rotatable bonds is 8. The molecule has 0 radical (unpaired) electrons. The number of nitrogens with zero attached hydrogens (tertiary/aromatic N) is 2. The molecule has 0 spiro atoms. The fraction of sp³-hybridized carbons (Fsp3) is 0.750. The lowest BCUT2D eigenvalue weighted by molar-refractivity contribution is -0.142. The van der Waals surface area contributed by atoms with Crippen LogP contribution in [-0.4, -0.2) is 22.4 Å². The maximum absolute atomic E-state index is 11.8. The van der Waals surface area contributed by atoms with Crippen molar-refractivity contribution < 1.29 is 9.53 Å². The summed E-state index contributed by atoms with van der Waals surface area (Å²) in [5.74, 6) is -0.152. The molecule has 0 aliphatic carbocycles. The van der Waals surface area contributed by atoms with Gasteiger partial charge in [-0.2, -0.15) is 5.10 Å². The highest BCUT2D eigenvalue weighted by atomic mass is 16.5. The van der Waals surface area contributed by atoms with E-state index in [0.717, 1.165) is 36.9 Å². The minimum atomic E-state index is -0.152. The predicted octanol–water partition coefficient (Wildman–Crippen LogP) is 3.47. The van der Waals surface area contributed by atoms with Crippen molar-refractivity contribution >= 4 is 5.97 Å². The molecule has 4 nitrogen and oxygen atoms in total. The van der Waals surface area contributed by atoms with Crippen molar-refractivity contribution in [3.63, 3.8) is 0 Å². The van der Waals surface area contributed by atoms with Gasteiger partial charge in [0.25, 0.3) is 0 Å². The van der Waals surface area contributed by atoms with Crippen molar-refractivity contribution in [1.82, 2.24) is 9.78 Å². The van der Waals surface area contributed by atoms with Gasteiger partial charge in [0, 0.05) is 11.3 Å². The third-order valence-corrected chi connectivity index (χ3v) is 3.79. The lowest BCUT2D eigenvalue weighted by Crippen LogP contribution is -2.14. The SMILES string of the molecule is CCOC(=O)Cc1c(CC)nn(C(CC)CC)c1CC. The van der Waals surface area contributed by atoms with Gasteiger partial charge in [-0.25, -0.2) is 0 Å². The van der Waals surface area contributed by atoms with Crippen LogP contribution in [0.15, 0.2) is 0 Å². The van der Waals surface area contributed by atoms with Crippen LogP contribution in [0, 0.1) is 0 Å². The number of hydrogen-bond acceptors (Lipinski definition) is 3. The van der Waals surface area contributed by atoms with Crippen LogP contribution >= 0.6 is 0 Å². The van der Waals surface area contributed by atoms with Crippen molar-refractivity contribution in [2.45, 2.75) is 72.8 Å². The summed E-state index contributed by atoms with van der Waals surface area (Å²) in [7, 11) is 0. The van der Waals surface area contributed by atoms with E-state index in [9.17, 15) is 4.79 Å². The van der Waals surface area contributed by atoms with Gasteiger partial charge in [-0.3, -0.25) is 9.48 Å². The quantitative estimate of drug-likeness (QED) is 0.685. The molecule has 0 atom stereocenters. The maximum Gasteiger partial charge on any atom is 0.310 e. The number of hydrogen-bond donors (Lipinski definition) is 0. The van der Waals surface area contributed by atoms with Crippen LogP contribution < -0.4 is 0 Å². The van der Waals surface area contributed by atoms with Crippen LogP contribution in [0.2, 0.25) is 0 Å². The molecular formula is C16H28N2O2. The van der Waals surface area contributed by atoms with Gasteiger partial charge >= 0.3 is 5.97 Å². The molecule has 0 unspecified atom stereocenters. The molecule has 1 aromatic heterocycles. The molecule has 1 rings (SSSR count). The first-order chi connectivity index (χ1) is 9.62. The summed E-state index contributed by atoms with van der Waals surface area (Å²) < 4.78 is 7.24. The van der Waals surface area contributed by atoms with E-state index >= 15 is 0 Å². The number of carbonyl (C=O) groups excluding carboxylic acids is 1. The van der Waals surface area contributed by atoms with Crippen molar-refractivity contribution in [3.8, 4) is 0 Å². The Labute approximate surface area is 122 Å². The molecule has 1 heterocycles. The van der Waals surface area contributed by atoms with Crippen molar-refractivity contribution in [3.05, 3.63) is 17.0 Å². The zero-order chi connectivity index (χ0) is 15.1. The first kappa shape index (κ1) is 16.7. The Hall–Kier alpha value is -1.32. The maximum atomic E-state index is 11.8. The third-order valence-electron chi connectivity index (χ3n) is 3.79. The van der Waals surface area contributed by atoms with Gasteiger partial charge < -0.3 is 4.74 Å². The fourth-order valence-corrected chi connectivity index (χ4v) is 2.71. The van der Waals surface area contributed by atoms with Crippen LogP contribution in [-0.2, 0) is 28.8 Å². The Balaban J connectivity index is 3.17. The van der Waals surface area contributed by atoms with Gasteiger partial charge in [-0.15, -0.1) is 0 Å². The lowest BCUT2D eigenvalue weighted by Gasteiger charge is -2.16. The van der Waals surface area contributed by atoms with Crippen LogP contribution in [0.4, 0.5) is 0 Å². The topological polar surface area (TPSA) is 44.1 Å². The van der Waals surface area contributed by atoms with Crippen LogP contribution in [0.1, 0.15) is 70.5 Å². The Kier molecular flexibility index (Phi) is 6.76. The first-order valence-electron chi connectivity index (χ1n) is 7.87. The summed E-state index contributed by atoms with van der Waals surface area (Å²) in [6.45, 7) is 10.9. The third kappa shape index (κ3) is 3.62. The second-order valence-corrected chi connectivity index (χ2v) is 4.98. The standard InChI is InChI=1S/C16H28N2O2/c1-6-12(7-2)18-15(9-4)13(14(8-3)17-18)11-16(19)20-10-5/h12H,6-11H2,1-5H3. The number of carbonyl (C=O) groups is 1. The number of aryl methyl sites for hydroxylation is 1. The number of aromatic nitrogens is 2. The lowest BCUT2D eigenvalue weighted by atomic mass is 10.1. The van der Waals surface area contributed by atoms with Crippen LogP contribution in [0.25, 0.3) is 0 Å². The molecular weight excluding hydrogens is 252 g/mol. The van der Waals surface area contributed by atoms with Gasteiger partial charge in [0.05, 0.1) is 24.8 Å². The first-order valence-corrected chi connectivity index (χ1v) is 7.87. The van der Waals surface area contributed by atoms with Crippen molar-refractivity contribution in [1.29, 1.82) is 0 Å². The molecule has 0 fully saturated rings. The molecule has 114 valence electrons. The Morgan fingerprint density at radius 3 is 2.25 bits per heavy atom. The zero-order valence-electron chi connectivity index (χ0n) is 13.5. The van der Waals surface area contributed by atoms with E-state index in [-0.39, 0.29) is 5.97 Å². The van der Waals surface area contributed by atoms with E-state index in [0.29, 0.717) is 19.1 Å². The second-order valence-electron chi connectivity index (χ2n) is 4.98. The summed E-state index contributed by atoms with van der Waals surface area (Å²) >= 11 is 0. The van der Waals surface area contributed by atoms with Gasteiger partial charge in [0.2, 0.25) is 0 Å². The fourth-order valence-electron chi connectivity index (χ4n) is 2.71. The highest BCUT2D eigenvalue weighted by Gasteiger charge is 2.21. The Morgan fingerprint density at radius 1 is 1.15 bits per heavy atom. The van der Waals surface area contributed by atoms with E-state index in [1.54, 1.807) is 0 Å². The zero-order valence-corrected chi connectivity index (χ0v) is 13.5. The molecule has 0 aromatic carbocycles. The molecule has 4 heteroatoms. The normalized spacial score (nSPS) is 11.1. The summed E-state index contributed by atoms with van der Waals surface area (Å²) in [5.41, 5.74) is 3.32. The van der Waals surface area contributed by atoms with Crippen LogP contribution in [0.5, 0.6) is 0 Å². The molecule has 1 aromatic rings. The molecule has 0 saturated heterocycles. The Bertz CT molecular complexity index is 434. The smallest absolute Gasteiger partial charge is 0.310 e. The molecule has 0 aliphatic rings. The number of esters is 1. The van der Waals surface area contributed by atoms with E-state index in [1.807, 2.05) is 6.92 Å². The summed E-state index contributed by atoms with van der Waals surface area (Å²) in [4.78, 5) is 11.8. The summed E-state index contributed by atoms with van der Waals surface area (Å²) in [6.07, 6.45) is 4.23. The van der Waals surface area contributed by atoms with E-state index in [1.165, 1.54) is 5.69 Å². The van der Waals surface area contributed by atoms with E-state index in [4.69, 9.17) is 9.84 Å². The second kappa shape index (κ2) is 8.08. The largest absolute Gasteiger partial charge is 0.466 e. The van der Waals surface area contributed by atoms with Gasteiger partial charge in [0.15, 0.2) is 0 Å². The Morgan fingerprint density at radius 2 is 1.80 bits per heavy atom.